The molecule has 2 N–H and O–H groups in total. The van der Waals surface area contributed by atoms with Crippen molar-refractivity contribution < 1.29 is 4.52 Å². The summed E-state index contributed by atoms with van der Waals surface area (Å²) in [6.07, 6.45) is 4.36. The van der Waals surface area contributed by atoms with E-state index >= 15 is 0 Å². The topological polar surface area (TPSA) is 64.9 Å². The number of aromatic nitrogens is 2. The molecule has 0 atom stereocenters. The first kappa shape index (κ1) is 8.69. The molecule has 1 aliphatic rings. The standard InChI is InChI=1S/C9H15N3O/c1-6-11-9(12-13-6)7-2-4-8(10)5-3-7/h7-8H,2-5,10H2,1H3. The van der Waals surface area contributed by atoms with E-state index in [0.717, 1.165) is 31.5 Å². The number of nitrogens with zero attached hydrogens (tertiary/aromatic N) is 2. The minimum atomic E-state index is 0.379. The molecular weight excluding hydrogens is 166 g/mol. The van der Waals surface area contributed by atoms with Gasteiger partial charge in [0, 0.05) is 18.9 Å². The Balaban J connectivity index is 2.02. The van der Waals surface area contributed by atoms with Gasteiger partial charge in [-0.05, 0) is 25.7 Å². The van der Waals surface area contributed by atoms with Gasteiger partial charge in [0.1, 0.15) is 0 Å². The number of hydrogen-bond acceptors (Lipinski definition) is 4. The van der Waals surface area contributed by atoms with Crippen LogP contribution in [0.2, 0.25) is 0 Å². The van der Waals surface area contributed by atoms with E-state index in [1.165, 1.54) is 0 Å². The smallest absolute Gasteiger partial charge is 0.223 e. The number of nitrogens with two attached hydrogens (primary N) is 1. The Labute approximate surface area is 77.5 Å². The van der Waals surface area contributed by atoms with Crippen molar-refractivity contribution in [1.29, 1.82) is 0 Å². The predicted octanol–water partition coefficient (Wildman–Crippen LogP) is 1.36. The van der Waals surface area contributed by atoms with Crippen LogP contribution in [-0.4, -0.2) is 16.2 Å². The molecule has 1 fully saturated rings. The molecule has 13 heavy (non-hydrogen) atoms. The highest BCUT2D eigenvalue weighted by atomic mass is 16.5. The van der Waals surface area contributed by atoms with Gasteiger partial charge in [0.2, 0.25) is 5.89 Å². The zero-order chi connectivity index (χ0) is 9.26. The number of aryl methyl sites for hydroxylation is 1. The van der Waals surface area contributed by atoms with Crippen LogP contribution in [0, 0.1) is 6.92 Å². The summed E-state index contributed by atoms with van der Waals surface area (Å²) in [6.45, 7) is 1.82. The molecule has 4 nitrogen and oxygen atoms in total. The van der Waals surface area contributed by atoms with Gasteiger partial charge in [-0.25, -0.2) is 0 Å². The molecule has 1 saturated carbocycles. The highest BCUT2D eigenvalue weighted by Crippen LogP contribution is 2.30. The van der Waals surface area contributed by atoms with Gasteiger partial charge >= 0.3 is 0 Å². The molecule has 0 radical (unpaired) electrons. The van der Waals surface area contributed by atoms with Crippen LogP contribution in [0.5, 0.6) is 0 Å². The molecule has 0 spiro atoms. The van der Waals surface area contributed by atoms with E-state index in [9.17, 15) is 0 Å². The van der Waals surface area contributed by atoms with Gasteiger partial charge in [0.25, 0.3) is 0 Å². The summed E-state index contributed by atoms with van der Waals surface area (Å²) in [5.74, 6) is 1.99. The molecule has 0 bridgehead atoms. The van der Waals surface area contributed by atoms with E-state index in [4.69, 9.17) is 10.3 Å². The largest absolute Gasteiger partial charge is 0.340 e. The molecule has 0 amide bonds. The first-order valence-electron chi connectivity index (χ1n) is 4.81. The maximum absolute atomic E-state index is 5.82. The monoisotopic (exact) mass is 181 g/mol. The summed E-state index contributed by atoms with van der Waals surface area (Å²) in [5, 5.41) is 3.94. The molecule has 0 aliphatic heterocycles. The highest BCUT2D eigenvalue weighted by molar-refractivity contribution is 4.97. The minimum Gasteiger partial charge on any atom is -0.340 e. The lowest BCUT2D eigenvalue weighted by Gasteiger charge is -2.23. The summed E-state index contributed by atoms with van der Waals surface area (Å²) < 4.78 is 4.95. The van der Waals surface area contributed by atoms with E-state index in [1.807, 2.05) is 6.92 Å². The number of rotatable bonds is 1. The lowest BCUT2D eigenvalue weighted by molar-refractivity contribution is 0.353. The van der Waals surface area contributed by atoms with E-state index in [1.54, 1.807) is 0 Å². The van der Waals surface area contributed by atoms with Crippen LogP contribution in [0.1, 0.15) is 43.3 Å². The van der Waals surface area contributed by atoms with Crippen molar-refractivity contribution in [2.24, 2.45) is 5.73 Å². The van der Waals surface area contributed by atoms with Crippen LogP contribution in [0.3, 0.4) is 0 Å². The number of hydrogen-bond donors (Lipinski definition) is 1. The Hall–Kier alpha value is -0.900. The van der Waals surface area contributed by atoms with Crippen LogP contribution in [0.4, 0.5) is 0 Å². The Bertz CT molecular complexity index is 276. The molecule has 0 unspecified atom stereocenters. The molecule has 1 aliphatic carbocycles. The van der Waals surface area contributed by atoms with Crippen molar-refractivity contribution in [3.63, 3.8) is 0 Å². The van der Waals surface area contributed by atoms with Crippen molar-refractivity contribution in [1.82, 2.24) is 10.1 Å². The molecular formula is C9H15N3O. The molecule has 4 heteroatoms. The zero-order valence-corrected chi connectivity index (χ0v) is 7.86. The van der Waals surface area contributed by atoms with Gasteiger partial charge in [0.15, 0.2) is 5.82 Å². The van der Waals surface area contributed by atoms with Gasteiger partial charge in [-0.3, -0.25) is 0 Å². The van der Waals surface area contributed by atoms with Crippen molar-refractivity contribution in [3.8, 4) is 0 Å². The molecule has 1 heterocycles. The molecule has 1 aromatic rings. The normalized spacial score (nSPS) is 29.1. The maximum atomic E-state index is 5.82. The van der Waals surface area contributed by atoms with Gasteiger partial charge < -0.3 is 10.3 Å². The van der Waals surface area contributed by atoms with Crippen LogP contribution in [-0.2, 0) is 0 Å². The van der Waals surface area contributed by atoms with E-state index in [-0.39, 0.29) is 0 Å². The third kappa shape index (κ3) is 1.88. The molecule has 0 aromatic carbocycles. The van der Waals surface area contributed by atoms with Gasteiger partial charge in [-0.1, -0.05) is 5.16 Å². The third-order valence-electron chi connectivity index (χ3n) is 2.68. The lowest BCUT2D eigenvalue weighted by atomic mass is 9.86. The van der Waals surface area contributed by atoms with Crippen LogP contribution < -0.4 is 5.73 Å². The van der Waals surface area contributed by atoms with E-state index in [0.29, 0.717) is 17.9 Å². The molecule has 1 aromatic heterocycles. The van der Waals surface area contributed by atoms with Crippen molar-refractivity contribution in [2.45, 2.75) is 44.6 Å². The van der Waals surface area contributed by atoms with Gasteiger partial charge in [-0.2, -0.15) is 4.98 Å². The first-order valence-corrected chi connectivity index (χ1v) is 4.81. The Kier molecular flexibility index (Phi) is 2.31. The summed E-state index contributed by atoms with van der Waals surface area (Å²) in [6, 6.07) is 0.379. The summed E-state index contributed by atoms with van der Waals surface area (Å²) in [5.41, 5.74) is 5.82. The van der Waals surface area contributed by atoms with Crippen molar-refractivity contribution in [3.05, 3.63) is 11.7 Å². The van der Waals surface area contributed by atoms with Crippen molar-refractivity contribution >= 4 is 0 Å². The van der Waals surface area contributed by atoms with E-state index < -0.39 is 0 Å². The second-order valence-corrected chi connectivity index (χ2v) is 3.78. The average Bonchev–Trinajstić information content (AvgIpc) is 2.53. The van der Waals surface area contributed by atoms with Gasteiger partial charge in [0.05, 0.1) is 0 Å². The highest BCUT2D eigenvalue weighted by Gasteiger charge is 2.23. The fraction of sp³-hybridized carbons (Fsp3) is 0.778. The summed E-state index contributed by atoms with van der Waals surface area (Å²) >= 11 is 0. The third-order valence-corrected chi connectivity index (χ3v) is 2.68. The first-order chi connectivity index (χ1) is 6.25. The SMILES string of the molecule is Cc1nc(C2CCC(N)CC2)no1. The average molecular weight is 181 g/mol. The quantitative estimate of drug-likeness (QED) is 0.710. The Morgan fingerprint density at radius 1 is 1.31 bits per heavy atom. The molecule has 2 rings (SSSR count). The Morgan fingerprint density at radius 3 is 2.54 bits per heavy atom. The predicted molar refractivity (Wildman–Crippen MR) is 48.2 cm³/mol. The van der Waals surface area contributed by atoms with E-state index in [2.05, 4.69) is 10.1 Å². The Morgan fingerprint density at radius 2 is 2.00 bits per heavy atom. The fourth-order valence-corrected chi connectivity index (χ4v) is 1.86. The molecule has 72 valence electrons. The second-order valence-electron chi connectivity index (χ2n) is 3.78. The maximum Gasteiger partial charge on any atom is 0.223 e. The minimum absolute atomic E-state index is 0.379. The zero-order valence-electron chi connectivity index (χ0n) is 7.86. The van der Waals surface area contributed by atoms with Crippen LogP contribution in [0.15, 0.2) is 4.52 Å². The second kappa shape index (κ2) is 3.46. The fourth-order valence-electron chi connectivity index (χ4n) is 1.86. The van der Waals surface area contributed by atoms with Crippen molar-refractivity contribution in [2.75, 3.05) is 0 Å². The van der Waals surface area contributed by atoms with Gasteiger partial charge in [-0.15, -0.1) is 0 Å². The summed E-state index contributed by atoms with van der Waals surface area (Å²) in [7, 11) is 0. The molecule has 0 saturated heterocycles. The lowest BCUT2D eigenvalue weighted by Crippen LogP contribution is -2.26. The van der Waals surface area contributed by atoms with Crippen LogP contribution in [0.25, 0.3) is 0 Å². The summed E-state index contributed by atoms with van der Waals surface area (Å²) in [4.78, 5) is 4.24. The van der Waals surface area contributed by atoms with Crippen LogP contribution >= 0.6 is 0 Å².